The van der Waals surface area contributed by atoms with Crippen LogP contribution in [0.1, 0.15) is 46.1 Å². The molecule has 254 valence electrons. The van der Waals surface area contributed by atoms with Crippen LogP contribution in [0, 0.1) is 0 Å². The smallest absolute Gasteiger partial charge is 0.328 e. The molecule has 1 aliphatic heterocycles. The molecule has 0 aromatic heterocycles. The molecule has 17 nitrogen and oxygen atoms in total. The number of nitrogens with zero attached hydrogens (tertiary/aromatic N) is 1. The number of benzene rings is 1. The van der Waals surface area contributed by atoms with Crippen LogP contribution in [0.25, 0.3) is 0 Å². The second kappa shape index (κ2) is 17.1. The molecule has 0 saturated carbocycles. The topological polar surface area (TPSA) is 264 Å². The van der Waals surface area contributed by atoms with Gasteiger partial charge in [0.25, 0.3) is 0 Å². The van der Waals surface area contributed by atoms with Crippen LogP contribution in [0.4, 0.5) is 0 Å². The largest absolute Gasteiger partial charge is 0.508 e. The summed E-state index contributed by atoms with van der Waals surface area (Å²) in [4.78, 5) is 88.5. The lowest BCUT2D eigenvalue weighted by Crippen LogP contribution is -2.60. The van der Waals surface area contributed by atoms with Crippen LogP contribution in [0.15, 0.2) is 24.3 Å². The standard InChI is InChI=1S/C29H42N6O11/c1-14(31-26(42)20(32-17(4)38)12-18-7-9-19(39)10-8-18)25(41)34-23(15(2)36)28(44)35-11-5-6-21(35)27(43)30-13-22(40)33-24(16(3)37)29(45)46/h7-10,14-16,20-21,23-24,36-37,39H,5-6,11-13H2,1-4H3,(H,30,43)(H,31,42)(H,32,38)(H,33,40)(H,34,41)(H,45,46)/t14-,15-,16-,20-,21-,23-,24-/m0/s1. The van der Waals surface area contributed by atoms with Gasteiger partial charge in [-0.3, -0.25) is 28.8 Å². The number of aliphatic hydroxyl groups is 2. The molecule has 7 atom stereocenters. The van der Waals surface area contributed by atoms with E-state index in [-0.39, 0.29) is 25.1 Å². The number of phenols is 1. The van der Waals surface area contributed by atoms with Gasteiger partial charge in [0.2, 0.25) is 35.4 Å². The Morgan fingerprint density at radius 3 is 2.02 bits per heavy atom. The number of carboxylic acid groups (broad SMARTS) is 1. The first-order valence-corrected chi connectivity index (χ1v) is 14.6. The van der Waals surface area contributed by atoms with Crippen molar-refractivity contribution in [2.45, 2.75) is 89.4 Å². The number of aliphatic carboxylic acids is 1. The molecule has 9 N–H and O–H groups in total. The van der Waals surface area contributed by atoms with E-state index in [1.807, 2.05) is 0 Å². The molecule has 1 aliphatic rings. The fourth-order valence-electron chi connectivity index (χ4n) is 4.75. The molecular formula is C29H42N6O11. The van der Waals surface area contributed by atoms with Crippen molar-refractivity contribution in [2.75, 3.05) is 13.1 Å². The second-order valence-electron chi connectivity index (χ2n) is 11.1. The van der Waals surface area contributed by atoms with Crippen molar-refractivity contribution in [2.24, 2.45) is 0 Å². The van der Waals surface area contributed by atoms with Gasteiger partial charge in [0.1, 0.15) is 29.9 Å². The predicted octanol–water partition coefficient (Wildman–Crippen LogP) is -3.13. The molecule has 6 amide bonds. The molecular weight excluding hydrogens is 608 g/mol. The Kier molecular flexibility index (Phi) is 13.9. The lowest BCUT2D eigenvalue weighted by atomic mass is 10.0. The summed E-state index contributed by atoms with van der Waals surface area (Å²) in [5, 5.41) is 50.2. The lowest BCUT2D eigenvalue weighted by molar-refractivity contribution is -0.145. The van der Waals surface area contributed by atoms with Crippen LogP contribution in [0.3, 0.4) is 0 Å². The summed E-state index contributed by atoms with van der Waals surface area (Å²) in [5.74, 6) is -5.87. The van der Waals surface area contributed by atoms with E-state index in [0.29, 0.717) is 12.0 Å². The summed E-state index contributed by atoms with van der Waals surface area (Å²) in [6.45, 7) is 4.47. The van der Waals surface area contributed by atoms with Crippen LogP contribution in [-0.4, -0.2) is 122 Å². The van der Waals surface area contributed by atoms with Gasteiger partial charge >= 0.3 is 5.97 Å². The Labute approximate surface area is 265 Å². The van der Waals surface area contributed by atoms with E-state index in [2.05, 4.69) is 26.6 Å². The average molecular weight is 651 g/mol. The van der Waals surface area contributed by atoms with Crippen molar-refractivity contribution in [3.63, 3.8) is 0 Å². The molecule has 1 fully saturated rings. The van der Waals surface area contributed by atoms with Gasteiger partial charge in [0.05, 0.1) is 18.8 Å². The molecule has 1 saturated heterocycles. The number of aliphatic hydroxyl groups excluding tert-OH is 2. The highest BCUT2D eigenvalue weighted by molar-refractivity contribution is 5.96. The number of carbonyl (C=O) groups is 7. The first kappa shape index (κ1) is 37.4. The van der Waals surface area contributed by atoms with Gasteiger partial charge < -0.3 is 51.9 Å². The predicted molar refractivity (Wildman–Crippen MR) is 160 cm³/mol. The molecule has 1 aromatic carbocycles. The van der Waals surface area contributed by atoms with Crippen molar-refractivity contribution in [1.82, 2.24) is 31.5 Å². The zero-order valence-electron chi connectivity index (χ0n) is 26.0. The normalized spacial score (nSPS) is 18.1. The zero-order valence-corrected chi connectivity index (χ0v) is 26.0. The van der Waals surface area contributed by atoms with Crippen LogP contribution < -0.4 is 26.6 Å². The van der Waals surface area contributed by atoms with Crippen LogP contribution >= 0.6 is 0 Å². The molecule has 1 heterocycles. The van der Waals surface area contributed by atoms with Crippen molar-refractivity contribution in [3.05, 3.63) is 29.8 Å². The Morgan fingerprint density at radius 2 is 1.48 bits per heavy atom. The van der Waals surface area contributed by atoms with Crippen molar-refractivity contribution < 1.29 is 54.0 Å². The summed E-state index contributed by atoms with van der Waals surface area (Å²) < 4.78 is 0. The first-order chi connectivity index (χ1) is 21.5. The number of phenolic OH excluding ortho intramolecular Hbond substituents is 1. The number of hydrogen-bond acceptors (Lipinski definition) is 10. The SMILES string of the molecule is CC(=O)N[C@@H](Cc1ccc(O)cc1)C(=O)N[C@@H](C)C(=O)N[C@H](C(=O)N1CCC[C@H]1C(=O)NCC(=O)N[C@H](C(=O)O)[C@H](C)O)[C@H](C)O. The van der Waals surface area contributed by atoms with Crippen molar-refractivity contribution >= 4 is 41.4 Å². The number of carboxylic acids is 1. The average Bonchev–Trinajstić information content (AvgIpc) is 3.47. The molecule has 0 radical (unpaired) electrons. The molecule has 0 aliphatic carbocycles. The third-order valence-corrected chi connectivity index (χ3v) is 7.20. The van der Waals surface area contributed by atoms with Gasteiger partial charge in [0, 0.05) is 19.9 Å². The Hall–Kier alpha value is -4.77. The number of carbonyl (C=O) groups excluding carboxylic acids is 6. The van der Waals surface area contributed by atoms with E-state index >= 15 is 0 Å². The van der Waals surface area contributed by atoms with Crippen LogP contribution in [0.5, 0.6) is 5.75 Å². The van der Waals surface area contributed by atoms with Crippen LogP contribution in [-0.2, 0) is 40.0 Å². The van der Waals surface area contributed by atoms with E-state index in [9.17, 15) is 48.9 Å². The monoisotopic (exact) mass is 650 g/mol. The minimum atomic E-state index is -1.59. The van der Waals surface area contributed by atoms with E-state index in [1.54, 1.807) is 12.1 Å². The molecule has 1 aromatic rings. The Morgan fingerprint density at radius 1 is 0.870 bits per heavy atom. The third-order valence-electron chi connectivity index (χ3n) is 7.20. The fraction of sp³-hybridized carbons (Fsp3) is 0.552. The molecule has 0 bridgehead atoms. The first-order valence-electron chi connectivity index (χ1n) is 14.6. The highest BCUT2D eigenvalue weighted by Crippen LogP contribution is 2.19. The molecule has 17 heteroatoms. The quantitative estimate of drug-likeness (QED) is 0.0916. The van der Waals surface area contributed by atoms with Gasteiger partial charge in [-0.15, -0.1) is 0 Å². The number of nitrogens with one attached hydrogen (secondary N) is 5. The lowest BCUT2D eigenvalue weighted by Gasteiger charge is -2.30. The fourth-order valence-corrected chi connectivity index (χ4v) is 4.75. The van der Waals surface area contributed by atoms with Gasteiger partial charge in [-0.1, -0.05) is 12.1 Å². The summed E-state index contributed by atoms with van der Waals surface area (Å²) in [6, 6.07) is -0.462. The number of amides is 6. The van der Waals surface area contributed by atoms with Crippen molar-refractivity contribution in [1.29, 1.82) is 0 Å². The van der Waals surface area contributed by atoms with Crippen LogP contribution in [0.2, 0.25) is 0 Å². The summed E-state index contributed by atoms with van der Waals surface area (Å²) in [5.41, 5.74) is 0.623. The minimum absolute atomic E-state index is 0.0182. The van der Waals surface area contributed by atoms with E-state index in [0.717, 1.165) is 4.90 Å². The maximum Gasteiger partial charge on any atom is 0.328 e. The number of likely N-dealkylation sites (tertiary alicyclic amines) is 1. The number of hydrogen-bond donors (Lipinski definition) is 9. The van der Waals surface area contributed by atoms with E-state index in [1.165, 1.54) is 39.8 Å². The number of aromatic hydroxyl groups is 1. The van der Waals surface area contributed by atoms with Crippen molar-refractivity contribution in [3.8, 4) is 5.75 Å². The molecule has 2 rings (SSSR count). The Bertz CT molecular complexity index is 1290. The zero-order chi connectivity index (χ0) is 34.7. The molecule has 0 unspecified atom stereocenters. The second-order valence-corrected chi connectivity index (χ2v) is 11.1. The van der Waals surface area contributed by atoms with Gasteiger partial charge in [-0.05, 0) is 51.3 Å². The summed E-state index contributed by atoms with van der Waals surface area (Å²) >= 11 is 0. The maximum absolute atomic E-state index is 13.4. The van der Waals surface area contributed by atoms with E-state index < -0.39 is 90.4 Å². The maximum atomic E-state index is 13.4. The Balaban J connectivity index is 2.03. The highest BCUT2D eigenvalue weighted by Gasteiger charge is 2.40. The van der Waals surface area contributed by atoms with Gasteiger partial charge in [0.15, 0.2) is 6.04 Å². The highest BCUT2D eigenvalue weighted by atomic mass is 16.4. The van der Waals surface area contributed by atoms with E-state index in [4.69, 9.17) is 5.11 Å². The third kappa shape index (κ3) is 11.0. The van der Waals surface area contributed by atoms with Gasteiger partial charge in [-0.25, -0.2) is 4.79 Å². The minimum Gasteiger partial charge on any atom is -0.508 e. The summed E-state index contributed by atoms with van der Waals surface area (Å²) in [6.07, 6.45) is -2.14. The summed E-state index contributed by atoms with van der Waals surface area (Å²) in [7, 11) is 0. The molecule has 46 heavy (non-hydrogen) atoms. The molecule has 0 spiro atoms. The van der Waals surface area contributed by atoms with Gasteiger partial charge in [-0.2, -0.15) is 0 Å². The number of rotatable bonds is 15.